The van der Waals surface area contributed by atoms with Crippen molar-refractivity contribution in [3.8, 4) is 5.75 Å². The minimum Gasteiger partial charge on any atom is -0.493 e. The SMILES string of the molecule is COCCCOc1cc(C[C@@H](C[C@H](N)[C@@H](O)C[C@H](C(=O)O)C(C)C)C(C)C)ccc1C. The number of benzene rings is 1. The number of methoxy groups -OCH3 is 1. The molecule has 0 aliphatic heterocycles. The molecule has 1 aromatic carbocycles. The van der Waals surface area contributed by atoms with Crippen LogP contribution in [0.3, 0.4) is 0 Å². The van der Waals surface area contributed by atoms with Gasteiger partial charge in [0.25, 0.3) is 0 Å². The predicted molar refractivity (Wildman–Crippen MR) is 124 cm³/mol. The van der Waals surface area contributed by atoms with E-state index in [9.17, 15) is 15.0 Å². The number of nitrogens with two attached hydrogens (primary N) is 1. The molecule has 0 aromatic heterocycles. The van der Waals surface area contributed by atoms with E-state index in [0.717, 1.165) is 24.2 Å². The molecule has 4 N–H and O–H groups in total. The molecule has 6 nitrogen and oxygen atoms in total. The number of rotatable bonds is 15. The maximum atomic E-state index is 11.5. The van der Waals surface area contributed by atoms with Crippen LogP contribution in [0.25, 0.3) is 0 Å². The van der Waals surface area contributed by atoms with Crippen LogP contribution < -0.4 is 10.5 Å². The van der Waals surface area contributed by atoms with Crippen LogP contribution in [-0.2, 0) is 16.0 Å². The van der Waals surface area contributed by atoms with Gasteiger partial charge in [0.1, 0.15) is 5.75 Å². The molecule has 0 bridgehead atoms. The van der Waals surface area contributed by atoms with Gasteiger partial charge in [0.05, 0.1) is 18.6 Å². The molecular formula is C25H43NO5. The van der Waals surface area contributed by atoms with Crippen LogP contribution in [0.15, 0.2) is 18.2 Å². The highest BCUT2D eigenvalue weighted by molar-refractivity contribution is 5.70. The van der Waals surface area contributed by atoms with E-state index in [1.807, 2.05) is 20.8 Å². The summed E-state index contributed by atoms with van der Waals surface area (Å²) in [5.41, 5.74) is 8.61. The molecular weight excluding hydrogens is 394 g/mol. The second-order valence-electron chi connectivity index (χ2n) is 9.39. The van der Waals surface area contributed by atoms with Gasteiger partial charge >= 0.3 is 5.97 Å². The maximum absolute atomic E-state index is 11.5. The summed E-state index contributed by atoms with van der Waals surface area (Å²) >= 11 is 0. The van der Waals surface area contributed by atoms with Crippen LogP contribution in [0.1, 0.15) is 58.1 Å². The average molecular weight is 438 g/mol. The third-order valence-electron chi connectivity index (χ3n) is 6.13. The maximum Gasteiger partial charge on any atom is 0.306 e. The fourth-order valence-corrected chi connectivity index (χ4v) is 3.81. The van der Waals surface area contributed by atoms with E-state index in [0.29, 0.717) is 25.6 Å². The number of ether oxygens (including phenoxy) is 2. The van der Waals surface area contributed by atoms with Crippen molar-refractivity contribution in [3.63, 3.8) is 0 Å². The second-order valence-corrected chi connectivity index (χ2v) is 9.39. The Kier molecular flexibility index (Phi) is 12.1. The third-order valence-corrected chi connectivity index (χ3v) is 6.13. The van der Waals surface area contributed by atoms with Gasteiger partial charge in [-0.2, -0.15) is 0 Å². The molecule has 4 atom stereocenters. The molecule has 0 saturated heterocycles. The van der Waals surface area contributed by atoms with Gasteiger partial charge in [-0.3, -0.25) is 4.79 Å². The number of carbonyl (C=O) groups is 1. The van der Waals surface area contributed by atoms with Gasteiger partial charge in [-0.05, 0) is 61.1 Å². The van der Waals surface area contributed by atoms with Crippen LogP contribution >= 0.6 is 0 Å². The zero-order chi connectivity index (χ0) is 23.6. The zero-order valence-corrected chi connectivity index (χ0v) is 20.1. The van der Waals surface area contributed by atoms with Crippen molar-refractivity contribution in [2.75, 3.05) is 20.3 Å². The quantitative estimate of drug-likeness (QED) is 0.358. The molecule has 0 radical (unpaired) electrons. The minimum absolute atomic E-state index is 0.0462. The Morgan fingerprint density at radius 2 is 1.77 bits per heavy atom. The van der Waals surface area contributed by atoms with E-state index in [1.54, 1.807) is 7.11 Å². The van der Waals surface area contributed by atoms with Crippen LogP contribution in [0, 0.1) is 30.6 Å². The number of hydrogen-bond donors (Lipinski definition) is 3. The van der Waals surface area contributed by atoms with Crippen LogP contribution in [-0.4, -0.2) is 48.7 Å². The molecule has 0 aliphatic rings. The Morgan fingerprint density at radius 1 is 1.10 bits per heavy atom. The van der Waals surface area contributed by atoms with E-state index >= 15 is 0 Å². The Bertz CT molecular complexity index is 661. The molecule has 31 heavy (non-hydrogen) atoms. The number of aryl methyl sites for hydroxylation is 1. The molecule has 0 spiro atoms. The standard InChI is InChI=1S/C25H43NO5/c1-16(2)20(14-22(26)23(27)15-21(17(3)4)25(28)29)12-19-9-8-18(5)24(13-19)31-11-7-10-30-6/h8-9,13,16-17,20-23,27H,7,10-12,14-15,26H2,1-6H3,(H,28,29)/t20-,21-,22-,23-/m0/s1. The molecule has 1 aromatic rings. The number of aliphatic hydroxyl groups excluding tert-OH is 1. The highest BCUT2D eigenvalue weighted by Gasteiger charge is 2.29. The summed E-state index contributed by atoms with van der Waals surface area (Å²) in [4.78, 5) is 11.5. The Labute approximate surface area is 188 Å². The van der Waals surface area contributed by atoms with Gasteiger partial charge < -0.3 is 25.4 Å². The molecule has 0 aliphatic carbocycles. The minimum atomic E-state index is -0.876. The molecule has 0 saturated carbocycles. The first-order valence-corrected chi connectivity index (χ1v) is 11.4. The van der Waals surface area contributed by atoms with Gasteiger partial charge in [-0.25, -0.2) is 0 Å². The highest BCUT2D eigenvalue weighted by Crippen LogP contribution is 2.28. The molecule has 178 valence electrons. The lowest BCUT2D eigenvalue weighted by atomic mass is 9.81. The van der Waals surface area contributed by atoms with Gasteiger partial charge in [0.2, 0.25) is 0 Å². The summed E-state index contributed by atoms with van der Waals surface area (Å²) < 4.78 is 11.0. The molecule has 0 unspecified atom stereocenters. The van der Waals surface area contributed by atoms with Gasteiger partial charge in [0, 0.05) is 26.2 Å². The molecule has 6 heteroatoms. The topological polar surface area (TPSA) is 102 Å². The van der Waals surface area contributed by atoms with Crippen molar-refractivity contribution in [2.24, 2.45) is 29.4 Å². The van der Waals surface area contributed by atoms with Gasteiger partial charge in [-0.15, -0.1) is 0 Å². The van der Waals surface area contributed by atoms with E-state index in [2.05, 4.69) is 32.0 Å². The van der Waals surface area contributed by atoms with Crippen LogP contribution in [0.4, 0.5) is 0 Å². The second kappa shape index (κ2) is 13.7. The van der Waals surface area contributed by atoms with E-state index in [4.69, 9.17) is 15.2 Å². The fraction of sp³-hybridized carbons (Fsp3) is 0.720. The third kappa shape index (κ3) is 9.58. The summed E-state index contributed by atoms with van der Waals surface area (Å²) in [5, 5.41) is 20.0. The van der Waals surface area contributed by atoms with Crippen molar-refractivity contribution >= 4 is 5.97 Å². The van der Waals surface area contributed by atoms with E-state index in [-0.39, 0.29) is 18.3 Å². The number of hydrogen-bond acceptors (Lipinski definition) is 5. The fourth-order valence-electron chi connectivity index (χ4n) is 3.81. The zero-order valence-electron chi connectivity index (χ0n) is 20.1. The number of aliphatic hydroxyl groups is 1. The smallest absolute Gasteiger partial charge is 0.306 e. The number of carboxylic acid groups (broad SMARTS) is 1. The number of aliphatic carboxylic acids is 1. The summed E-state index contributed by atoms with van der Waals surface area (Å²) in [6.45, 7) is 11.4. The molecule has 1 rings (SSSR count). The summed E-state index contributed by atoms with van der Waals surface area (Å²) in [6.07, 6.45) is 1.67. The van der Waals surface area contributed by atoms with Crippen molar-refractivity contribution in [1.29, 1.82) is 0 Å². The van der Waals surface area contributed by atoms with Gasteiger partial charge in [0.15, 0.2) is 0 Å². The van der Waals surface area contributed by atoms with Gasteiger partial charge in [-0.1, -0.05) is 39.8 Å². The van der Waals surface area contributed by atoms with Crippen molar-refractivity contribution < 1.29 is 24.5 Å². The molecule has 0 fully saturated rings. The number of carboxylic acids is 1. The predicted octanol–water partition coefficient (Wildman–Crippen LogP) is 4.05. The van der Waals surface area contributed by atoms with Crippen molar-refractivity contribution in [3.05, 3.63) is 29.3 Å². The average Bonchev–Trinajstić information content (AvgIpc) is 2.69. The monoisotopic (exact) mass is 437 g/mol. The van der Waals surface area contributed by atoms with Crippen LogP contribution in [0.2, 0.25) is 0 Å². The lowest BCUT2D eigenvalue weighted by Gasteiger charge is -2.29. The molecule has 0 amide bonds. The largest absolute Gasteiger partial charge is 0.493 e. The van der Waals surface area contributed by atoms with Crippen molar-refractivity contribution in [2.45, 2.75) is 72.4 Å². The summed E-state index contributed by atoms with van der Waals surface area (Å²) in [5.74, 6) is 0.0339. The lowest BCUT2D eigenvalue weighted by Crippen LogP contribution is -2.40. The van der Waals surface area contributed by atoms with E-state index < -0.39 is 24.0 Å². The Morgan fingerprint density at radius 3 is 2.32 bits per heavy atom. The Hall–Kier alpha value is -1.63. The van der Waals surface area contributed by atoms with E-state index in [1.165, 1.54) is 5.56 Å². The normalized spacial score (nSPS) is 15.7. The first kappa shape index (κ1) is 27.4. The highest BCUT2D eigenvalue weighted by atomic mass is 16.5. The van der Waals surface area contributed by atoms with Crippen LogP contribution in [0.5, 0.6) is 5.75 Å². The first-order chi connectivity index (χ1) is 14.6. The first-order valence-electron chi connectivity index (χ1n) is 11.4. The summed E-state index contributed by atoms with van der Waals surface area (Å²) in [7, 11) is 1.68. The Balaban J connectivity index is 2.78. The summed E-state index contributed by atoms with van der Waals surface area (Å²) in [6, 6.07) is 5.84. The molecule has 0 heterocycles. The van der Waals surface area contributed by atoms with Crippen molar-refractivity contribution in [1.82, 2.24) is 0 Å². The lowest BCUT2D eigenvalue weighted by molar-refractivity contribution is -0.144.